The van der Waals surface area contributed by atoms with E-state index in [9.17, 15) is 4.79 Å². The summed E-state index contributed by atoms with van der Waals surface area (Å²) in [6, 6.07) is 4.71. The smallest absolute Gasteiger partial charge is 0.304 e. The zero-order valence-corrected chi connectivity index (χ0v) is 10.9. The maximum atomic E-state index is 10.7. The summed E-state index contributed by atoms with van der Waals surface area (Å²) in [5.74, 6) is 0.0339. The number of carboxylic acid groups (broad SMARTS) is 1. The standard InChI is InChI=1S/C13H19NO2S/c1-2-14(8-7-12(15)16)13(10-5-6-10)11-4-3-9-17-11/h3-4,9-10,13H,2,5-8H2,1H3,(H,15,16). The Labute approximate surface area is 106 Å². The van der Waals surface area contributed by atoms with Crippen molar-refractivity contribution in [2.75, 3.05) is 13.1 Å². The van der Waals surface area contributed by atoms with Crippen LogP contribution in [0, 0.1) is 5.92 Å². The second-order valence-corrected chi connectivity index (χ2v) is 5.55. The van der Waals surface area contributed by atoms with E-state index in [4.69, 9.17) is 5.11 Å². The molecule has 17 heavy (non-hydrogen) atoms. The van der Waals surface area contributed by atoms with Crippen LogP contribution in [-0.4, -0.2) is 29.1 Å². The molecule has 0 aliphatic heterocycles. The number of hydrogen-bond acceptors (Lipinski definition) is 3. The minimum atomic E-state index is -0.704. The summed E-state index contributed by atoms with van der Waals surface area (Å²) < 4.78 is 0. The molecular weight excluding hydrogens is 234 g/mol. The molecule has 0 saturated heterocycles. The summed E-state index contributed by atoms with van der Waals surface area (Å²) in [6.45, 7) is 3.70. The first kappa shape index (κ1) is 12.6. The molecule has 4 heteroatoms. The fourth-order valence-electron chi connectivity index (χ4n) is 2.32. The average Bonchev–Trinajstić information content (AvgIpc) is 2.98. The molecule has 1 aliphatic carbocycles. The highest BCUT2D eigenvalue weighted by molar-refractivity contribution is 7.10. The third kappa shape index (κ3) is 3.30. The Bertz CT molecular complexity index is 360. The van der Waals surface area contributed by atoms with Gasteiger partial charge in [0.05, 0.1) is 6.42 Å². The second-order valence-electron chi connectivity index (χ2n) is 4.57. The summed E-state index contributed by atoms with van der Waals surface area (Å²) in [5, 5.41) is 10.9. The summed E-state index contributed by atoms with van der Waals surface area (Å²) in [4.78, 5) is 14.4. The van der Waals surface area contributed by atoms with Crippen LogP contribution in [0.2, 0.25) is 0 Å². The van der Waals surface area contributed by atoms with E-state index in [1.54, 1.807) is 11.3 Å². The zero-order chi connectivity index (χ0) is 12.3. The van der Waals surface area contributed by atoms with Crippen molar-refractivity contribution in [2.24, 2.45) is 5.92 Å². The van der Waals surface area contributed by atoms with E-state index < -0.39 is 5.97 Å². The lowest BCUT2D eigenvalue weighted by Crippen LogP contribution is -2.31. The van der Waals surface area contributed by atoms with Gasteiger partial charge in [-0.15, -0.1) is 11.3 Å². The van der Waals surface area contributed by atoms with Crippen LogP contribution in [0.15, 0.2) is 17.5 Å². The van der Waals surface area contributed by atoms with Gasteiger partial charge < -0.3 is 5.11 Å². The van der Waals surface area contributed by atoms with E-state index in [2.05, 4.69) is 29.3 Å². The van der Waals surface area contributed by atoms with E-state index in [0.717, 1.165) is 12.5 Å². The maximum absolute atomic E-state index is 10.7. The van der Waals surface area contributed by atoms with E-state index in [-0.39, 0.29) is 6.42 Å². The molecule has 1 N–H and O–H groups in total. The Morgan fingerprint density at radius 3 is 2.88 bits per heavy atom. The van der Waals surface area contributed by atoms with Crippen LogP contribution < -0.4 is 0 Å². The van der Waals surface area contributed by atoms with E-state index in [1.165, 1.54) is 17.7 Å². The van der Waals surface area contributed by atoms with Crippen molar-refractivity contribution in [3.63, 3.8) is 0 Å². The lowest BCUT2D eigenvalue weighted by atomic mass is 10.1. The molecule has 1 fully saturated rings. The molecule has 0 aromatic carbocycles. The van der Waals surface area contributed by atoms with Gasteiger partial charge in [-0.05, 0) is 36.8 Å². The molecule has 1 aromatic rings. The third-order valence-corrected chi connectivity index (χ3v) is 4.26. The van der Waals surface area contributed by atoms with Gasteiger partial charge in [0.15, 0.2) is 0 Å². The molecule has 0 spiro atoms. The molecule has 3 nitrogen and oxygen atoms in total. The Hall–Kier alpha value is -0.870. The van der Waals surface area contributed by atoms with Crippen LogP contribution in [0.3, 0.4) is 0 Å². The van der Waals surface area contributed by atoms with Gasteiger partial charge in [-0.3, -0.25) is 9.69 Å². The van der Waals surface area contributed by atoms with Crippen molar-refractivity contribution in [1.82, 2.24) is 4.90 Å². The van der Waals surface area contributed by atoms with Gasteiger partial charge in [0.1, 0.15) is 0 Å². The molecule has 1 aliphatic rings. The highest BCUT2D eigenvalue weighted by atomic mass is 32.1. The van der Waals surface area contributed by atoms with Gasteiger partial charge in [-0.2, -0.15) is 0 Å². The quantitative estimate of drug-likeness (QED) is 0.812. The molecule has 0 amide bonds. The molecule has 0 bridgehead atoms. The fraction of sp³-hybridized carbons (Fsp3) is 0.615. The van der Waals surface area contributed by atoms with Crippen LogP contribution >= 0.6 is 11.3 Å². The highest BCUT2D eigenvalue weighted by Crippen LogP contribution is 2.45. The van der Waals surface area contributed by atoms with Crippen LogP contribution in [0.1, 0.15) is 37.1 Å². The zero-order valence-electron chi connectivity index (χ0n) is 10.1. The minimum Gasteiger partial charge on any atom is -0.481 e. The Morgan fingerprint density at radius 2 is 2.41 bits per heavy atom. The lowest BCUT2D eigenvalue weighted by molar-refractivity contribution is -0.137. The molecule has 1 saturated carbocycles. The minimum absolute atomic E-state index is 0.239. The monoisotopic (exact) mass is 253 g/mol. The van der Waals surface area contributed by atoms with Gasteiger partial charge in [0.2, 0.25) is 0 Å². The van der Waals surface area contributed by atoms with Crippen molar-refractivity contribution in [1.29, 1.82) is 0 Å². The highest BCUT2D eigenvalue weighted by Gasteiger charge is 2.36. The Morgan fingerprint density at radius 1 is 1.65 bits per heavy atom. The maximum Gasteiger partial charge on any atom is 0.304 e. The molecule has 2 rings (SSSR count). The van der Waals surface area contributed by atoms with Crippen molar-refractivity contribution >= 4 is 17.3 Å². The van der Waals surface area contributed by atoms with Gasteiger partial charge in [-0.25, -0.2) is 0 Å². The average molecular weight is 253 g/mol. The van der Waals surface area contributed by atoms with E-state index in [0.29, 0.717) is 12.6 Å². The number of rotatable bonds is 7. The van der Waals surface area contributed by atoms with Crippen molar-refractivity contribution < 1.29 is 9.90 Å². The molecule has 1 heterocycles. The first-order valence-electron chi connectivity index (χ1n) is 6.21. The SMILES string of the molecule is CCN(CCC(=O)O)C(c1cccs1)C1CC1. The predicted molar refractivity (Wildman–Crippen MR) is 69.3 cm³/mol. The predicted octanol–water partition coefficient (Wildman–Crippen LogP) is 3.00. The van der Waals surface area contributed by atoms with Gasteiger partial charge in [0.25, 0.3) is 0 Å². The molecule has 94 valence electrons. The number of aliphatic carboxylic acids is 1. The van der Waals surface area contributed by atoms with Crippen LogP contribution in [-0.2, 0) is 4.79 Å². The van der Waals surface area contributed by atoms with Gasteiger partial charge in [-0.1, -0.05) is 13.0 Å². The van der Waals surface area contributed by atoms with Crippen LogP contribution in [0.5, 0.6) is 0 Å². The number of thiophene rings is 1. The third-order valence-electron chi connectivity index (χ3n) is 3.32. The normalized spacial score (nSPS) is 17.3. The number of nitrogens with zero attached hydrogens (tertiary/aromatic N) is 1. The summed E-state index contributed by atoms with van der Waals surface area (Å²) in [5.41, 5.74) is 0. The summed E-state index contributed by atoms with van der Waals surface area (Å²) >= 11 is 1.79. The number of carbonyl (C=O) groups is 1. The Kier molecular flexibility index (Phi) is 4.18. The first-order chi connectivity index (χ1) is 8.22. The molecule has 0 radical (unpaired) electrons. The largest absolute Gasteiger partial charge is 0.481 e. The summed E-state index contributed by atoms with van der Waals surface area (Å²) in [6.07, 6.45) is 2.81. The number of carboxylic acids is 1. The van der Waals surface area contributed by atoms with Gasteiger partial charge >= 0.3 is 5.97 Å². The van der Waals surface area contributed by atoms with E-state index in [1.807, 2.05) is 0 Å². The van der Waals surface area contributed by atoms with Crippen molar-refractivity contribution in [3.8, 4) is 0 Å². The van der Waals surface area contributed by atoms with Crippen molar-refractivity contribution in [3.05, 3.63) is 22.4 Å². The molecular formula is C13H19NO2S. The number of hydrogen-bond donors (Lipinski definition) is 1. The Balaban J connectivity index is 2.05. The van der Waals surface area contributed by atoms with Crippen LogP contribution in [0.25, 0.3) is 0 Å². The van der Waals surface area contributed by atoms with Crippen LogP contribution in [0.4, 0.5) is 0 Å². The molecule has 1 unspecified atom stereocenters. The van der Waals surface area contributed by atoms with E-state index >= 15 is 0 Å². The fourth-order valence-corrected chi connectivity index (χ4v) is 3.27. The first-order valence-corrected chi connectivity index (χ1v) is 7.09. The topological polar surface area (TPSA) is 40.5 Å². The molecule has 1 aromatic heterocycles. The summed E-state index contributed by atoms with van der Waals surface area (Å²) in [7, 11) is 0. The van der Waals surface area contributed by atoms with Crippen molar-refractivity contribution in [2.45, 2.75) is 32.2 Å². The van der Waals surface area contributed by atoms with Gasteiger partial charge in [0, 0.05) is 17.5 Å². The molecule has 1 atom stereocenters. The second kappa shape index (κ2) is 5.65. The lowest BCUT2D eigenvalue weighted by Gasteiger charge is -2.29.